The molecule has 2 aliphatic rings. The van der Waals surface area contributed by atoms with Crippen LogP contribution >= 0.6 is 0 Å². The van der Waals surface area contributed by atoms with Crippen molar-refractivity contribution in [3.05, 3.63) is 58.7 Å². The van der Waals surface area contributed by atoms with Gasteiger partial charge in [0.1, 0.15) is 11.9 Å². The number of benzene rings is 2. The topological polar surface area (TPSA) is 61.9 Å². The first kappa shape index (κ1) is 20.3. The van der Waals surface area contributed by atoms with E-state index in [1.807, 2.05) is 30.0 Å². The first-order valence-electron chi connectivity index (χ1n) is 10.6. The highest BCUT2D eigenvalue weighted by Crippen LogP contribution is 2.26. The number of likely N-dealkylation sites (tertiary alicyclic amines) is 1. The lowest BCUT2D eigenvalue weighted by atomic mass is 10.0. The van der Waals surface area contributed by atoms with Crippen molar-refractivity contribution in [3.8, 4) is 5.75 Å². The molecular formula is C24H29N3O3. The Hall–Kier alpha value is -3.02. The van der Waals surface area contributed by atoms with Crippen LogP contribution in [0.15, 0.2) is 36.4 Å². The highest BCUT2D eigenvalue weighted by atomic mass is 16.5. The van der Waals surface area contributed by atoms with Gasteiger partial charge >= 0.3 is 6.03 Å². The van der Waals surface area contributed by atoms with E-state index in [0.717, 1.165) is 35.4 Å². The fourth-order valence-corrected chi connectivity index (χ4v) is 4.17. The summed E-state index contributed by atoms with van der Waals surface area (Å²) in [6, 6.07) is 11.8. The summed E-state index contributed by atoms with van der Waals surface area (Å²) in [4.78, 5) is 28.6. The highest BCUT2D eigenvalue weighted by Gasteiger charge is 2.27. The van der Waals surface area contributed by atoms with Crippen LogP contribution in [-0.2, 0) is 0 Å². The summed E-state index contributed by atoms with van der Waals surface area (Å²) >= 11 is 0. The molecule has 0 unspecified atom stereocenters. The number of nitrogens with zero attached hydrogens (tertiary/aromatic N) is 2. The van der Waals surface area contributed by atoms with Crippen LogP contribution in [0.1, 0.15) is 39.9 Å². The molecule has 0 aliphatic carbocycles. The van der Waals surface area contributed by atoms with E-state index in [1.165, 1.54) is 5.56 Å². The molecule has 2 saturated heterocycles. The second-order valence-electron chi connectivity index (χ2n) is 8.26. The Bertz CT molecular complexity index is 964. The summed E-state index contributed by atoms with van der Waals surface area (Å²) in [5, 5.41) is 2.81. The Morgan fingerprint density at radius 1 is 1.00 bits per heavy atom. The number of carbonyl (C=O) groups excluding carboxylic acids is 2. The fourth-order valence-electron chi connectivity index (χ4n) is 4.17. The molecule has 158 valence electrons. The van der Waals surface area contributed by atoms with Gasteiger partial charge in [-0.3, -0.25) is 9.69 Å². The van der Waals surface area contributed by atoms with Crippen LogP contribution in [0.5, 0.6) is 5.75 Å². The number of hydrogen-bond donors (Lipinski definition) is 1. The Morgan fingerprint density at radius 2 is 1.77 bits per heavy atom. The van der Waals surface area contributed by atoms with Crippen molar-refractivity contribution < 1.29 is 14.3 Å². The van der Waals surface area contributed by atoms with E-state index < -0.39 is 0 Å². The molecule has 2 aromatic rings. The van der Waals surface area contributed by atoms with Crippen molar-refractivity contribution in [1.82, 2.24) is 10.2 Å². The predicted octanol–water partition coefficient (Wildman–Crippen LogP) is 3.83. The van der Waals surface area contributed by atoms with Gasteiger partial charge in [-0.1, -0.05) is 12.1 Å². The molecule has 0 spiro atoms. The third-order valence-electron chi connectivity index (χ3n) is 5.96. The standard InChI is InChI=1S/C24H29N3O3/c1-16-4-5-17(2)22(14-16)30-20-8-11-26(12-9-20)23(28)19-6-7-21(18(3)15-19)27-13-10-25-24(27)29/h4-7,14-15,20H,8-13H2,1-3H3,(H,25,29). The normalized spacial score (nSPS) is 17.2. The summed E-state index contributed by atoms with van der Waals surface area (Å²) < 4.78 is 6.22. The number of amides is 3. The zero-order valence-electron chi connectivity index (χ0n) is 17.9. The van der Waals surface area contributed by atoms with Crippen molar-refractivity contribution >= 4 is 17.6 Å². The minimum atomic E-state index is -0.0805. The molecule has 3 amide bonds. The van der Waals surface area contributed by atoms with E-state index in [9.17, 15) is 9.59 Å². The van der Waals surface area contributed by atoms with Crippen LogP contribution in [0.4, 0.5) is 10.5 Å². The summed E-state index contributed by atoms with van der Waals surface area (Å²) in [7, 11) is 0. The predicted molar refractivity (Wildman–Crippen MR) is 117 cm³/mol. The van der Waals surface area contributed by atoms with Gasteiger partial charge < -0.3 is 15.0 Å². The molecular weight excluding hydrogens is 378 g/mol. The van der Waals surface area contributed by atoms with Crippen molar-refractivity contribution in [2.45, 2.75) is 39.7 Å². The molecule has 0 radical (unpaired) electrons. The lowest BCUT2D eigenvalue weighted by Crippen LogP contribution is -2.41. The van der Waals surface area contributed by atoms with Gasteiger partial charge in [0.2, 0.25) is 0 Å². The average Bonchev–Trinajstić information content (AvgIpc) is 3.16. The summed E-state index contributed by atoms with van der Waals surface area (Å²) in [6.45, 7) is 8.75. The van der Waals surface area contributed by atoms with E-state index in [2.05, 4.69) is 37.4 Å². The third kappa shape index (κ3) is 4.13. The maximum atomic E-state index is 13.0. The molecule has 0 saturated carbocycles. The minimum absolute atomic E-state index is 0.0423. The van der Waals surface area contributed by atoms with Gasteiger partial charge in [-0.25, -0.2) is 4.79 Å². The lowest BCUT2D eigenvalue weighted by molar-refractivity contribution is 0.0594. The number of nitrogens with one attached hydrogen (secondary N) is 1. The Labute approximate surface area is 177 Å². The molecule has 1 N–H and O–H groups in total. The number of urea groups is 1. The molecule has 0 aromatic heterocycles. The molecule has 2 aromatic carbocycles. The minimum Gasteiger partial charge on any atom is -0.490 e. The van der Waals surface area contributed by atoms with Gasteiger partial charge in [0.25, 0.3) is 5.91 Å². The smallest absolute Gasteiger partial charge is 0.322 e. The number of hydrogen-bond acceptors (Lipinski definition) is 3. The van der Waals surface area contributed by atoms with Crippen LogP contribution in [-0.4, -0.2) is 49.1 Å². The molecule has 2 fully saturated rings. The zero-order valence-corrected chi connectivity index (χ0v) is 17.9. The molecule has 4 rings (SSSR count). The molecule has 30 heavy (non-hydrogen) atoms. The Balaban J connectivity index is 1.38. The Morgan fingerprint density at radius 3 is 2.43 bits per heavy atom. The van der Waals surface area contributed by atoms with Gasteiger partial charge in [0.15, 0.2) is 0 Å². The van der Waals surface area contributed by atoms with E-state index in [0.29, 0.717) is 31.7 Å². The summed E-state index contributed by atoms with van der Waals surface area (Å²) in [5.41, 5.74) is 4.80. The number of carbonyl (C=O) groups is 2. The van der Waals surface area contributed by atoms with E-state index in [1.54, 1.807) is 4.90 Å². The van der Waals surface area contributed by atoms with Crippen molar-refractivity contribution in [2.24, 2.45) is 0 Å². The lowest BCUT2D eigenvalue weighted by Gasteiger charge is -2.32. The molecule has 2 aliphatic heterocycles. The number of rotatable bonds is 4. The molecule has 2 heterocycles. The number of ether oxygens (including phenoxy) is 1. The van der Waals surface area contributed by atoms with E-state index in [4.69, 9.17) is 4.74 Å². The number of piperidine rings is 1. The van der Waals surface area contributed by atoms with Crippen molar-refractivity contribution in [1.29, 1.82) is 0 Å². The monoisotopic (exact) mass is 407 g/mol. The second kappa shape index (κ2) is 8.38. The van der Waals surface area contributed by atoms with E-state index >= 15 is 0 Å². The van der Waals surface area contributed by atoms with Gasteiger partial charge in [-0.05, 0) is 61.7 Å². The molecule has 0 bridgehead atoms. The van der Waals surface area contributed by atoms with E-state index in [-0.39, 0.29) is 18.0 Å². The van der Waals surface area contributed by atoms with Crippen LogP contribution in [0.25, 0.3) is 0 Å². The maximum absolute atomic E-state index is 13.0. The summed E-state index contributed by atoms with van der Waals surface area (Å²) in [5.74, 6) is 0.984. The number of aryl methyl sites for hydroxylation is 3. The largest absolute Gasteiger partial charge is 0.490 e. The van der Waals surface area contributed by atoms with Crippen LogP contribution in [0.3, 0.4) is 0 Å². The van der Waals surface area contributed by atoms with Gasteiger partial charge in [0.05, 0.1) is 0 Å². The first-order chi connectivity index (χ1) is 14.4. The van der Waals surface area contributed by atoms with Gasteiger partial charge in [-0.15, -0.1) is 0 Å². The third-order valence-corrected chi connectivity index (χ3v) is 5.96. The SMILES string of the molecule is Cc1ccc(C)c(OC2CCN(C(=O)c3ccc(N4CCNC4=O)c(C)c3)CC2)c1. The fraction of sp³-hybridized carbons (Fsp3) is 0.417. The van der Waals surface area contributed by atoms with Crippen LogP contribution in [0.2, 0.25) is 0 Å². The summed E-state index contributed by atoms with van der Waals surface area (Å²) in [6.07, 6.45) is 1.78. The van der Waals surface area contributed by atoms with Crippen molar-refractivity contribution in [2.75, 3.05) is 31.1 Å². The van der Waals surface area contributed by atoms with Crippen LogP contribution < -0.4 is 15.0 Å². The van der Waals surface area contributed by atoms with Crippen LogP contribution in [0, 0.1) is 20.8 Å². The number of anilines is 1. The quantitative estimate of drug-likeness (QED) is 0.838. The molecule has 0 atom stereocenters. The molecule has 6 nitrogen and oxygen atoms in total. The Kier molecular flexibility index (Phi) is 5.66. The maximum Gasteiger partial charge on any atom is 0.322 e. The first-order valence-corrected chi connectivity index (χ1v) is 10.6. The zero-order chi connectivity index (χ0) is 21.3. The highest BCUT2D eigenvalue weighted by molar-refractivity contribution is 5.98. The second-order valence-corrected chi connectivity index (χ2v) is 8.26. The van der Waals surface area contributed by atoms with Gasteiger partial charge in [0, 0.05) is 50.3 Å². The average molecular weight is 408 g/mol. The molecule has 6 heteroatoms. The van der Waals surface area contributed by atoms with Gasteiger partial charge in [-0.2, -0.15) is 0 Å². The van der Waals surface area contributed by atoms with Crippen molar-refractivity contribution in [3.63, 3.8) is 0 Å².